The Bertz CT molecular complexity index is 663. The van der Waals surface area contributed by atoms with E-state index in [0.29, 0.717) is 39.0 Å². The first-order chi connectivity index (χ1) is 12.3. The van der Waals surface area contributed by atoms with E-state index in [9.17, 15) is 9.59 Å². The summed E-state index contributed by atoms with van der Waals surface area (Å²) < 4.78 is 5.77. The molecular formula is C21H30N2O3. The molecule has 5 heteroatoms. The second kappa shape index (κ2) is 7.29. The van der Waals surface area contributed by atoms with Crippen LogP contribution in [-0.4, -0.2) is 43.0 Å². The summed E-state index contributed by atoms with van der Waals surface area (Å²) in [5.41, 5.74) is 1.40. The predicted octanol–water partition coefficient (Wildman–Crippen LogP) is 2.88. The Hall–Kier alpha value is -2.04. The predicted molar refractivity (Wildman–Crippen MR) is 101 cm³/mol. The molecule has 1 unspecified atom stereocenters. The molecule has 0 radical (unpaired) electrons. The zero-order valence-electron chi connectivity index (χ0n) is 16.1. The molecule has 5 nitrogen and oxygen atoms in total. The van der Waals surface area contributed by atoms with Crippen LogP contribution in [0.25, 0.3) is 0 Å². The highest BCUT2D eigenvalue weighted by atomic mass is 16.5. The average molecular weight is 358 g/mol. The van der Waals surface area contributed by atoms with Gasteiger partial charge in [-0.3, -0.25) is 9.59 Å². The van der Waals surface area contributed by atoms with Gasteiger partial charge in [-0.15, -0.1) is 0 Å². The lowest BCUT2D eigenvalue weighted by molar-refractivity contribution is -0.131. The molecule has 1 aromatic carbocycles. The van der Waals surface area contributed by atoms with E-state index in [1.807, 2.05) is 17.0 Å². The molecule has 1 aromatic rings. The molecule has 3 rings (SSSR count). The molecule has 142 valence electrons. The van der Waals surface area contributed by atoms with Crippen LogP contribution in [0.1, 0.15) is 52.0 Å². The van der Waals surface area contributed by atoms with Gasteiger partial charge in [0.25, 0.3) is 0 Å². The minimum atomic E-state index is -0.0158. The lowest BCUT2D eigenvalue weighted by Crippen LogP contribution is -2.33. The largest absolute Gasteiger partial charge is 0.494 e. The number of nitrogens with one attached hydrogen (secondary N) is 1. The SMILES string of the molecule is CC(C)(C)c1ccc(OCCCC(=O)N2CCC3(CNC(=O)C3)C2)cc1. The quantitative estimate of drug-likeness (QED) is 0.824. The molecule has 1 N–H and O–H groups in total. The molecule has 26 heavy (non-hydrogen) atoms. The van der Waals surface area contributed by atoms with E-state index < -0.39 is 0 Å². The van der Waals surface area contributed by atoms with E-state index in [0.717, 1.165) is 18.7 Å². The Kier molecular flexibility index (Phi) is 5.26. The Morgan fingerprint density at radius 3 is 2.62 bits per heavy atom. The number of likely N-dealkylation sites (tertiary alicyclic amines) is 1. The van der Waals surface area contributed by atoms with Gasteiger partial charge < -0.3 is 15.0 Å². The van der Waals surface area contributed by atoms with Crippen molar-refractivity contribution in [2.75, 3.05) is 26.2 Å². The molecule has 0 saturated carbocycles. The van der Waals surface area contributed by atoms with Gasteiger partial charge in [-0.05, 0) is 36.0 Å². The number of nitrogens with zero attached hydrogens (tertiary/aromatic N) is 1. The Labute approximate surface area is 156 Å². The first-order valence-electron chi connectivity index (χ1n) is 9.55. The fourth-order valence-electron chi connectivity index (χ4n) is 3.81. The number of hydrogen-bond acceptors (Lipinski definition) is 3. The van der Waals surface area contributed by atoms with Gasteiger partial charge in [0, 0.05) is 37.9 Å². The molecule has 0 aromatic heterocycles. The highest BCUT2D eigenvalue weighted by Crippen LogP contribution is 2.36. The zero-order chi connectivity index (χ0) is 18.8. The lowest BCUT2D eigenvalue weighted by Gasteiger charge is -2.22. The van der Waals surface area contributed by atoms with Crippen molar-refractivity contribution in [2.24, 2.45) is 5.41 Å². The van der Waals surface area contributed by atoms with Crippen molar-refractivity contribution in [1.82, 2.24) is 10.2 Å². The van der Waals surface area contributed by atoms with Crippen molar-refractivity contribution in [3.8, 4) is 5.75 Å². The molecule has 2 heterocycles. The van der Waals surface area contributed by atoms with Gasteiger partial charge >= 0.3 is 0 Å². The summed E-state index contributed by atoms with van der Waals surface area (Å²) in [4.78, 5) is 25.8. The zero-order valence-corrected chi connectivity index (χ0v) is 16.1. The van der Waals surface area contributed by atoms with E-state index in [1.54, 1.807) is 0 Å². The van der Waals surface area contributed by atoms with Crippen LogP contribution in [0.5, 0.6) is 5.75 Å². The van der Waals surface area contributed by atoms with Gasteiger partial charge in [0.15, 0.2) is 0 Å². The van der Waals surface area contributed by atoms with Crippen LogP contribution in [0, 0.1) is 5.41 Å². The normalized spacial score (nSPS) is 22.7. The molecular weight excluding hydrogens is 328 g/mol. The van der Waals surface area contributed by atoms with Crippen molar-refractivity contribution >= 4 is 11.8 Å². The topological polar surface area (TPSA) is 58.6 Å². The molecule has 2 aliphatic heterocycles. The maximum Gasteiger partial charge on any atom is 0.222 e. The van der Waals surface area contributed by atoms with Crippen molar-refractivity contribution in [3.05, 3.63) is 29.8 Å². The van der Waals surface area contributed by atoms with Gasteiger partial charge in [-0.2, -0.15) is 0 Å². The Morgan fingerprint density at radius 1 is 1.27 bits per heavy atom. The fraction of sp³-hybridized carbons (Fsp3) is 0.619. The maximum absolute atomic E-state index is 12.4. The smallest absolute Gasteiger partial charge is 0.222 e. The molecule has 0 aliphatic carbocycles. The third kappa shape index (κ3) is 4.37. The van der Waals surface area contributed by atoms with Gasteiger partial charge in [-0.1, -0.05) is 32.9 Å². The number of hydrogen-bond donors (Lipinski definition) is 1. The number of rotatable bonds is 5. The van der Waals surface area contributed by atoms with Crippen molar-refractivity contribution in [2.45, 2.75) is 51.9 Å². The summed E-state index contributed by atoms with van der Waals surface area (Å²) in [5, 5.41) is 2.90. The first kappa shape index (κ1) is 18.7. The number of benzene rings is 1. The monoisotopic (exact) mass is 358 g/mol. The van der Waals surface area contributed by atoms with Crippen molar-refractivity contribution in [1.29, 1.82) is 0 Å². The van der Waals surface area contributed by atoms with Crippen LogP contribution >= 0.6 is 0 Å². The van der Waals surface area contributed by atoms with Crippen LogP contribution in [0.2, 0.25) is 0 Å². The maximum atomic E-state index is 12.4. The third-order valence-corrected chi connectivity index (χ3v) is 5.51. The highest BCUT2D eigenvalue weighted by Gasteiger charge is 2.44. The molecule has 0 bridgehead atoms. The highest BCUT2D eigenvalue weighted by molar-refractivity contribution is 5.80. The van der Waals surface area contributed by atoms with Crippen molar-refractivity contribution < 1.29 is 14.3 Å². The molecule has 2 amide bonds. The second-order valence-electron chi connectivity index (χ2n) is 8.75. The fourth-order valence-corrected chi connectivity index (χ4v) is 3.81. The van der Waals surface area contributed by atoms with E-state index in [2.05, 4.69) is 38.2 Å². The van der Waals surface area contributed by atoms with E-state index in [1.165, 1.54) is 5.56 Å². The molecule has 1 atom stereocenters. The van der Waals surface area contributed by atoms with Crippen LogP contribution in [0.15, 0.2) is 24.3 Å². The minimum absolute atomic E-state index is 0.0158. The van der Waals surface area contributed by atoms with Crippen molar-refractivity contribution in [3.63, 3.8) is 0 Å². The number of ether oxygens (including phenoxy) is 1. The summed E-state index contributed by atoms with van der Waals surface area (Å²) in [6, 6.07) is 8.19. The molecule has 2 aliphatic rings. The minimum Gasteiger partial charge on any atom is -0.494 e. The van der Waals surface area contributed by atoms with Crippen LogP contribution < -0.4 is 10.1 Å². The van der Waals surface area contributed by atoms with E-state index >= 15 is 0 Å². The number of amides is 2. The number of carbonyl (C=O) groups is 2. The standard InChI is InChI=1S/C21H30N2O3/c1-20(2,3)16-6-8-17(9-7-16)26-12-4-5-19(25)23-11-10-21(15-23)13-18(24)22-14-21/h6-9H,4-5,10-15H2,1-3H3,(H,22,24). The van der Waals surface area contributed by atoms with Crippen LogP contribution in [0.3, 0.4) is 0 Å². The van der Waals surface area contributed by atoms with E-state index in [-0.39, 0.29) is 22.6 Å². The summed E-state index contributed by atoms with van der Waals surface area (Å²) >= 11 is 0. The van der Waals surface area contributed by atoms with Crippen LogP contribution in [-0.2, 0) is 15.0 Å². The number of carbonyl (C=O) groups excluding carboxylic acids is 2. The van der Waals surface area contributed by atoms with Gasteiger partial charge in [0.1, 0.15) is 5.75 Å². The summed E-state index contributed by atoms with van der Waals surface area (Å²) in [7, 11) is 0. The Morgan fingerprint density at radius 2 is 2.00 bits per heavy atom. The van der Waals surface area contributed by atoms with E-state index in [4.69, 9.17) is 4.74 Å². The van der Waals surface area contributed by atoms with Crippen LogP contribution in [0.4, 0.5) is 0 Å². The van der Waals surface area contributed by atoms with Gasteiger partial charge in [-0.25, -0.2) is 0 Å². The molecule has 2 fully saturated rings. The van der Waals surface area contributed by atoms with Gasteiger partial charge in [0.2, 0.25) is 11.8 Å². The summed E-state index contributed by atoms with van der Waals surface area (Å²) in [6.07, 6.45) is 2.69. The summed E-state index contributed by atoms with van der Waals surface area (Å²) in [5.74, 6) is 1.14. The first-order valence-corrected chi connectivity index (χ1v) is 9.55. The average Bonchev–Trinajstić information content (AvgIpc) is 3.17. The third-order valence-electron chi connectivity index (χ3n) is 5.51. The second-order valence-corrected chi connectivity index (χ2v) is 8.75. The molecule has 1 spiro atoms. The lowest BCUT2D eigenvalue weighted by atomic mass is 9.86. The molecule has 2 saturated heterocycles. The summed E-state index contributed by atoms with van der Waals surface area (Å²) in [6.45, 7) is 9.29. The van der Waals surface area contributed by atoms with Gasteiger partial charge in [0.05, 0.1) is 6.61 Å². The Balaban J connectivity index is 1.39.